The summed E-state index contributed by atoms with van der Waals surface area (Å²) in [5, 5.41) is 10.6. The Morgan fingerprint density at radius 1 is 1.30 bits per heavy atom. The van der Waals surface area contributed by atoms with Gasteiger partial charge >= 0.3 is 5.97 Å². The molecule has 0 amide bonds. The molecule has 0 aliphatic carbocycles. The van der Waals surface area contributed by atoms with Gasteiger partial charge in [0.15, 0.2) is 16.3 Å². The summed E-state index contributed by atoms with van der Waals surface area (Å²) in [7, 11) is 1.45. The smallest absolute Gasteiger partial charge is 0.338 e. The fraction of sp³-hybridized carbons (Fsp3) is 0.222. The summed E-state index contributed by atoms with van der Waals surface area (Å²) in [6.07, 6.45) is 3.23. The number of benzene rings is 2. The molecular weight excluding hydrogens is 560 g/mol. The molecule has 1 N–H and O–H groups in total. The second-order valence-electron chi connectivity index (χ2n) is 8.02. The van der Waals surface area contributed by atoms with Gasteiger partial charge in [-0.25, -0.2) is 9.79 Å². The lowest BCUT2D eigenvalue weighted by Gasteiger charge is -2.24. The quantitative estimate of drug-likeness (QED) is 0.319. The molecule has 3 aromatic rings. The number of hydrogen-bond donors (Lipinski definition) is 1. The minimum absolute atomic E-state index is 0.0911. The Hall–Kier alpha value is -3.63. The number of rotatable bonds is 8. The van der Waals surface area contributed by atoms with Crippen LogP contribution in [0.1, 0.15) is 31.0 Å². The monoisotopic (exact) mass is 584 g/mol. The third kappa shape index (κ3) is 5.26. The van der Waals surface area contributed by atoms with Gasteiger partial charge in [-0.2, -0.15) is 0 Å². The summed E-state index contributed by atoms with van der Waals surface area (Å²) in [6, 6.07) is 9.73. The largest absolute Gasteiger partial charge is 0.504 e. The van der Waals surface area contributed by atoms with Crippen molar-refractivity contribution in [2.45, 2.75) is 19.9 Å². The maximum absolute atomic E-state index is 13.7. The van der Waals surface area contributed by atoms with Gasteiger partial charge < -0.3 is 19.3 Å². The van der Waals surface area contributed by atoms with E-state index >= 15 is 0 Å². The zero-order chi connectivity index (χ0) is 26.7. The molecule has 0 spiro atoms. The van der Waals surface area contributed by atoms with E-state index in [0.717, 1.165) is 0 Å². The first kappa shape index (κ1) is 26.4. The van der Waals surface area contributed by atoms with E-state index in [4.69, 9.17) is 14.2 Å². The molecule has 2 aromatic carbocycles. The van der Waals surface area contributed by atoms with Crippen LogP contribution in [0.15, 0.2) is 74.6 Å². The van der Waals surface area contributed by atoms with Gasteiger partial charge in [0.1, 0.15) is 12.4 Å². The van der Waals surface area contributed by atoms with Crippen LogP contribution in [0.4, 0.5) is 0 Å². The second kappa shape index (κ2) is 11.2. The molecule has 0 unspecified atom stereocenters. The summed E-state index contributed by atoms with van der Waals surface area (Å²) < 4.78 is 18.6. The van der Waals surface area contributed by atoms with Crippen molar-refractivity contribution >= 4 is 39.3 Å². The highest BCUT2D eigenvalue weighted by Crippen LogP contribution is 2.34. The summed E-state index contributed by atoms with van der Waals surface area (Å²) in [5.41, 5.74) is 1.50. The third-order valence-electron chi connectivity index (χ3n) is 5.66. The van der Waals surface area contributed by atoms with Crippen LogP contribution in [0.2, 0.25) is 0 Å². The zero-order valence-corrected chi connectivity index (χ0v) is 22.9. The lowest BCUT2D eigenvalue weighted by Crippen LogP contribution is -2.39. The summed E-state index contributed by atoms with van der Waals surface area (Å²) in [4.78, 5) is 31.8. The van der Waals surface area contributed by atoms with Crippen LogP contribution in [0.5, 0.6) is 17.2 Å². The lowest BCUT2D eigenvalue weighted by molar-refractivity contribution is -0.139. The molecule has 2 heterocycles. The fourth-order valence-corrected chi connectivity index (χ4v) is 5.50. The van der Waals surface area contributed by atoms with Crippen LogP contribution in [-0.2, 0) is 9.53 Å². The molecular formula is C27H25BrN2O6S. The molecule has 4 rings (SSSR count). The lowest BCUT2D eigenvalue weighted by atomic mass is 9.96. The Labute approximate surface area is 225 Å². The normalized spacial score (nSPS) is 15.1. The number of allylic oxidation sites excluding steroid dienone is 1. The molecule has 0 fully saturated rings. The SMILES string of the molecule is C=CCOc1ccc([C@@H]2C(C(=O)OCC)=C(C)N=c3s/c(=C\c4cc(Br)cc(OC)c4O)c(=O)n32)cc1. The number of aromatic hydroxyl groups is 1. The fourth-order valence-electron chi connectivity index (χ4n) is 4.01. The number of methoxy groups -OCH3 is 1. The highest BCUT2D eigenvalue weighted by Gasteiger charge is 2.33. The number of halogens is 1. The first-order valence-corrected chi connectivity index (χ1v) is 13.0. The summed E-state index contributed by atoms with van der Waals surface area (Å²) in [5.74, 6) is 0.273. The Morgan fingerprint density at radius 2 is 2.03 bits per heavy atom. The van der Waals surface area contributed by atoms with E-state index in [2.05, 4.69) is 27.5 Å². The van der Waals surface area contributed by atoms with Gasteiger partial charge in [-0.15, -0.1) is 0 Å². The van der Waals surface area contributed by atoms with Crippen LogP contribution < -0.4 is 24.4 Å². The molecule has 1 aliphatic rings. The third-order valence-corrected chi connectivity index (χ3v) is 7.10. The van der Waals surface area contributed by atoms with Crippen LogP contribution in [0.25, 0.3) is 6.08 Å². The first-order chi connectivity index (χ1) is 17.8. The number of carbonyl (C=O) groups is 1. The number of nitrogens with zero attached hydrogens (tertiary/aromatic N) is 2. The van der Waals surface area contributed by atoms with Crippen molar-refractivity contribution in [2.75, 3.05) is 20.3 Å². The van der Waals surface area contributed by atoms with Crippen LogP contribution in [0.3, 0.4) is 0 Å². The minimum Gasteiger partial charge on any atom is -0.504 e. The highest BCUT2D eigenvalue weighted by atomic mass is 79.9. The van der Waals surface area contributed by atoms with Crippen LogP contribution >= 0.6 is 27.3 Å². The van der Waals surface area contributed by atoms with E-state index in [1.807, 2.05) is 12.1 Å². The Balaban J connectivity index is 1.92. The number of esters is 1. The molecule has 0 saturated carbocycles. The van der Waals surface area contributed by atoms with Crippen molar-refractivity contribution in [3.63, 3.8) is 0 Å². The number of ether oxygens (including phenoxy) is 3. The maximum atomic E-state index is 13.7. The molecule has 10 heteroatoms. The Bertz CT molecular complexity index is 1570. The van der Waals surface area contributed by atoms with E-state index in [0.29, 0.717) is 43.0 Å². The standard InChI is InChI=1S/C27H25BrN2O6S/c1-5-11-36-19-9-7-16(8-10-19)23-22(26(33)35-6-2)15(3)29-27-30(23)25(32)21(37-27)13-17-12-18(28)14-20(34-4)24(17)31/h5,7-10,12-14,23,31H,1,6,11H2,2-4H3/b21-13-/t23-/m1/s1. The topological polar surface area (TPSA) is 99.4 Å². The molecule has 1 aliphatic heterocycles. The van der Waals surface area contributed by atoms with Crippen molar-refractivity contribution in [3.05, 3.63) is 95.6 Å². The molecule has 192 valence electrons. The van der Waals surface area contributed by atoms with Crippen molar-refractivity contribution in [1.82, 2.24) is 4.57 Å². The Morgan fingerprint density at radius 3 is 2.68 bits per heavy atom. The van der Waals surface area contributed by atoms with Gasteiger partial charge in [-0.05, 0) is 49.8 Å². The molecule has 1 aromatic heterocycles. The van der Waals surface area contributed by atoms with E-state index in [9.17, 15) is 14.7 Å². The van der Waals surface area contributed by atoms with Crippen molar-refractivity contribution in [3.8, 4) is 17.2 Å². The molecule has 1 atom stereocenters. The van der Waals surface area contributed by atoms with E-state index < -0.39 is 12.0 Å². The van der Waals surface area contributed by atoms with E-state index in [-0.39, 0.29) is 29.2 Å². The average molecular weight is 585 g/mol. The first-order valence-electron chi connectivity index (χ1n) is 11.4. The number of phenolic OH excluding ortho intramolecular Hbond substituents is 1. The number of aromatic nitrogens is 1. The van der Waals surface area contributed by atoms with Crippen LogP contribution in [0, 0.1) is 0 Å². The number of thiazole rings is 1. The second-order valence-corrected chi connectivity index (χ2v) is 9.94. The van der Waals surface area contributed by atoms with Crippen molar-refractivity contribution < 1.29 is 24.1 Å². The van der Waals surface area contributed by atoms with Crippen molar-refractivity contribution in [2.24, 2.45) is 4.99 Å². The van der Waals surface area contributed by atoms with Crippen LogP contribution in [-0.4, -0.2) is 36.0 Å². The molecule has 8 nitrogen and oxygen atoms in total. The predicted octanol–water partition coefficient (Wildman–Crippen LogP) is 3.84. The van der Waals surface area contributed by atoms with Gasteiger partial charge in [-0.3, -0.25) is 9.36 Å². The number of carbonyl (C=O) groups excluding carboxylic acids is 1. The van der Waals surface area contributed by atoms with E-state index in [1.54, 1.807) is 50.3 Å². The van der Waals surface area contributed by atoms with Gasteiger partial charge in [0.25, 0.3) is 5.56 Å². The minimum atomic E-state index is -0.753. The van der Waals surface area contributed by atoms with Gasteiger partial charge in [0, 0.05) is 10.0 Å². The maximum Gasteiger partial charge on any atom is 0.338 e. The number of hydrogen-bond acceptors (Lipinski definition) is 8. The van der Waals surface area contributed by atoms with Gasteiger partial charge in [-0.1, -0.05) is 52.1 Å². The van der Waals surface area contributed by atoms with Gasteiger partial charge in [0.05, 0.1) is 35.6 Å². The molecule has 0 radical (unpaired) electrons. The van der Waals surface area contributed by atoms with Crippen molar-refractivity contribution in [1.29, 1.82) is 0 Å². The van der Waals surface area contributed by atoms with E-state index in [1.165, 1.54) is 23.0 Å². The molecule has 0 saturated heterocycles. The number of fused-ring (bicyclic) bond motifs is 1. The summed E-state index contributed by atoms with van der Waals surface area (Å²) >= 11 is 4.57. The highest BCUT2D eigenvalue weighted by molar-refractivity contribution is 9.10. The average Bonchev–Trinajstić information content (AvgIpc) is 3.18. The zero-order valence-electron chi connectivity index (χ0n) is 20.5. The predicted molar refractivity (Wildman–Crippen MR) is 145 cm³/mol. The summed E-state index contributed by atoms with van der Waals surface area (Å²) in [6.45, 7) is 7.64. The number of phenols is 1. The molecule has 0 bridgehead atoms. The van der Waals surface area contributed by atoms with Gasteiger partial charge in [0.2, 0.25) is 0 Å². The Kier molecular flexibility index (Phi) is 7.99. The molecule has 37 heavy (non-hydrogen) atoms.